The van der Waals surface area contributed by atoms with E-state index in [1.165, 1.54) is 0 Å². The molecule has 2 aromatic rings. The first-order valence-electron chi connectivity index (χ1n) is 9.63. The van der Waals surface area contributed by atoms with Crippen LogP contribution in [0.3, 0.4) is 0 Å². The number of carbonyl (C=O) groups is 2. The predicted molar refractivity (Wildman–Crippen MR) is 106 cm³/mol. The molecule has 0 saturated heterocycles. The Balaban J connectivity index is 2.01. The van der Waals surface area contributed by atoms with Crippen LogP contribution in [0.2, 0.25) is 0 Å². The zero-order valence-corrected chi connectivity index (χ0v) is 16.1. The zero-order valence-electron chi connectivity index (χ0n) is 16.1. The quantitative estimate of drug-likeness (QED) is 0.535. The lowest BCUT2D eigenvalue weighted by atomic mass is 9.94. The summed E-state index contributed by atoms with van der Waals surface area (Å²) in [7, 11) is 0. The number of esters is 2. The molecule has 0 aliphatic rings. The summed E-state index contributed by atoms with van der Waals surface area (Å²) in [5.74, 6) is -0.699. The fraction of sp³-hybridized carbons (Fsp3) is 0.391. The smallest absolute Gasteiger partial charge is 0.338 e. The van der Waals surface area contributed by atoms with Gasteiger partial charge in [-0.15, -0.1) is 0 Å². The number of rotatable bonds is 10. The summed E-state index contributed by atoms with van der Waals surface area (Å²) in [6.07, 6.45) is 3.27. The van der Waals surface area contributed by atoms with Gasteiger partial charge in [0, 0.05) is 5.92 Å². The molecular formula is C23H28O4. The third kappa shape index (κ3) is 6.55. The maximum absolute atomic E-state index is 12.4. The van der Waals surface area contributed by atoms with E-state index in [9.17, 15) is 9.59 Å². The number of ether oxygens (including phenoxy) is 2. The van der Waals surface area contributed by atoms with Crippen LogP contribution in [0.1, 0.15) is 60.2 Å². The second kappa shape index (κ2) is 11.2. The van der Waals surface area contributed by atoms with Gasteiger partial charge < -0.3 is 9.47 Å². The minimum atomic E-state index is -0.346. The number of carbonyl (C=O) groups excluding carboxylic acids is 2. The first-order chi connectivity index (χ1) is 13.2. The van der Waals surface area contributed by atoms with Crippen LogP contribution >= 0.6 is 0 Å². The van der Waals surface area contributed by atoms with Gasteiger partial charge in [-0.25, -0.2) is 9.59 Å². The molecular weight excluding hydrogens is 340 g/mol. The van der Waals surface area contributed by atoms with Gasteiger partial charge in [0.25, 0.3) is 0 Å². The van der Waals surface area contributed by atoms with Crippen LogP contribution in [0.4, 0.5) is 0 Å². The summed E-state index contributed by atoms with van der Waals surface area (Å²) in [4.78, 5) is 24.7. The molecule has 0 saturated carbocycles. The molecule has 0 aliphatic heterocycles. The third-order valence-electron chi connectivity index (χ3n) is 4.56. The molecule has 27 heavy (non-hydrogen) atoms. The predicted octanol–water partition coefficient (Wildman–Crippen LogP) is 5.29. The number of hydrogen-bond acceptors (Lipinski definition) is 4. The van der Waals surface area contributed by atoms with E-state index < -0.39 is 0 Å². The molecule has 0 bridgehead atoms. The van der Waals surface area contributed by atoms with Crippen molar-refractivity contribution in [2.24, 2.45) is 5.92 Å². The molecule has 144 valence electrons. The summed E-state index contributed by atoms with van der Waals surface area (Å²) >= 11 is 0. The van der Waals surface area contributed by atoms with Gasteiger partial charge in [-0.2, -0.15) is 0 Å². The number of hydrogen-bond donors (Lipinski definition) is 0. The Morgan fingerprint density at radius 2 is 1.41 bits per heavy atom. The van der Waals surface area contributed by atoms with E-state index in [4.69, 9.17) is 9.47 Å². The maximum Gasteiger partial charge on any atom is 0.338 e. The van der Waals surface area contributed by atoms with E-state index in [1.807, 2.05) is 43.3 Å². The number of unbranched alkanes of at least 4 members (excludes halogenated alkanes) is 1. The molecule has 4 nitrogen and oxygen atoms in total. The second-order valence-electron chi connectivity index (χ2n) is 6.58. The molecule has 2 unspecified atom stereocenters. The lowest BCUT2D eigenvalue weighted by molar-refractivity contribution is -0.00764. The van der Waals surface area contributed by atoms with Gasteiger partial charge in [0.05, 0.1) is 17.7 Å². The highest BCUT2D eigenvalue weighted by molar-refractivity contribution is 5.89. The summed E-state index contributed by atoms with van der Waals surface area (Å²) in [6, 6.07) is 17.9. The summed E-state index contributed by atoms with van der Waals surface area (Å²) in [5.41, 5.74) is 1.06. The van der Waals surface area contributed by atoms with Gasteiger partial charge in [0.1, 0.15) is 6.10 Å². The molecule has 0 amide bonds. The highest BCUT2D eigenvalue weighted by Crippen LogP contribution is 2.21. The first-order valence-corrected chi connectivity index (χ1v) is 9.63. The summed E-state index contributed by atoms with van der Waals surface area (Å²) in [5, 5.41) is 0. The lowest BCUT2D eigenvalue weighted by Crippen LogP contribution is -2.31. The molecule has 4 heteroatoms. The zero-order chi connectivity index (χ0) is 19.5. The van der Waals surface area contributed by atoms with E-state index in [2.05, 4.69) is 6.92 Å². The van der Waals surface area contributed by atoms with Crippen molar-refractivity contribution in [3.8, 4) is 0 Å². The van der Waals surface area contributed by atoms with Crippen molar-refractivity contribution >= 4 is 11.9 Å². The molecule has 0 N–H and O–H groups in total. The Kier molecular flexibility index (Phi) is 8.56. The van der Waals surface area contributed by atoms with Gasteiger partial charge in [-0.1, -0.05) is 63.1 Å². The molecule has 0 aliphatic carbocycles. The number of benzene rings is 2. The second-order valence-corrected chi connectivity index (χ2v) is 6.58. The van der Waals surface area contributed by atoms with Gasteiger partial charge in [-0.05, 0) is 37.1 Å². The van der Waals surface area contributed by atoms with E-state index in [-0.39, 0.29) is 30.6 Å². The van der Waals surface area contributed by atoms with Crippen molar-refractivity contribution < 1.29 is 19.1 Å². The van der Waals surface area contributed by atoms with Gasteiger partial charge >= 0.3 is 11.9 Å². The highest BCUT2D eigenvalue weighted by atomic mass is 16.6. The average molecular weight is 368 g/mol. The topological polar surface area (TPSA) is 52.6 Å². The van der Waals surface area contributed by atoms with Crippen LogP contribution in [-0.2, 0) is 9.47 Å². The van der Waals surface area contributed by atoms with Gasteiger partial charge in [0.15, 0.2) is 0 Å². The van der Waals surface area contributed by atoms with Gasteiger partial charge in [-0.3, -0.25) is 0 Å². The Bertz CT molecular complexity index is 697. The van der Waals surface area contributed by atoms with Crippen LogP contribution < -0.4 is 0 Å². The van der Waals surface area contributed by atoms with Crippen LogP contribution in [0.5, 0.6) is 0 Å². The fourth-order valence-electron chi connectivity index (χ4n) is 2.98. The monoisotopic (exact) mass is 368 g/mol. The average Bonchev–Trinajstić information content (AvgIpc) is 2.73. The van der Waals surface area contributed by atoms with Crippen molar-refractivity contribution in [2.45, 2.75) is 45.6 Å². The van der Waals surface area contributed by atoms with Gasteiger partial charge in [0.2, 0.25) is 0 Å². The maximum atomic E-state index is 12.4. The SMILES string of the molecule is CCCCC(COC(=O)c1ccccc1)C(CC)OC(=O)c1ccccc1. The molecule has 0 fully saturated rings. The van der Waals surface area contributed by atoms with E-state index in [0.29, 0.717) is 17.5 Å². The molecule has 2 atom stereocenters. The Labute approximate surface area is 161 Å². The molecule has 0 aromatic heterocycles. The van der Waals surface area contributed by atoms with Crippen molar-refractivity contribution in [1.29, 1.82) is 0 Å². The summed E-state index contributed by atoms with van der Waals surface area (Å²) < 4.78 is 11.3. The van der Waals surface area contributed by atoms with Crippen LogP contribution in [0.25, 0.3) is 0 Å². The highest BCUT2D eigenvalue weighted by Gasteiger charge is 2.25. The Morgan fingerprint density at radius 1 is 0.852 bits per heavy atom. The van der Waals surface area contributed by atoms with Crippen molar-refractivity contribution in [1.82, 2.24) is 0 Å². The van der Waals surface area contributed by atoms with Crippen molar-refractivity contribution in [3.05, 3.63) is 71.8 Å². The van der Waals surface area contributed by atoms with E-state index in [1.54, 1.807) is 24.3 Å². The van der Waals surface area contributed by atoms with E-state index >= 15 is 0 Å². The standard InChI is InChI=1S/C23H28O4/c1-3-5-12-20(17-26-22(24)18-13-8-6-9-14-18)21(4-2)27-23(25)19-15-10-7-11-16-19/h6-11,13-16,20-21H,3-5,12,17H2,1-2H3. The van der Waals surface area contributed by atoms with Crippen LogP contribution in [0.15, 0.2) is 60.7 Å². The van der Waals surface area contributed by atoms with Crippen molar-refractivity contribution in [2.75, 3.05) is 6.61 Å². The largest absolute Gasteiger partial charge is 0.462 e. The molecule has 0 heterocycles. The molecule has 0 spiro atoms. The molecule has 2 rings (SSSR count). The molecule has 2 aromatic carbocycles. The van der Waals surface area contributed by atoms with Crippen molar-refractivity contribution in [3.63, 3.8) is 0 Å². The lowest BCUT2D eigenvalue weighted by Gasteiger charge is -2.26. The molecule has 0 radical (unpaired) electrons. The minimum absolute atomic E-state index is 0.0183. The van der Waals surface area contributed by atoms with Crippen LogP contribution in [0, 0.1) is 5.92 Å². The van der Waals surface area contributed by atoms with E-state index in [0.717, 1.165) is 19.3 Å². The Morgan fingerprint density at radius 3 is 1.93 bits per heavy atom. The fourth-order valence-corrected chi connectivity index (χ4v) is 2.98. The third-order valence-corrected chi connectivity index (χ3v) is 4.56. The summed E-state index contributed by atoms with van der Waals surface area (Å²) in [6.45, 7) is 4.35. The Hall–Kier alpha value is -2.62. The first kappa shape index (κ1) is 20.7. The normalized spacial score (nSPS) is 12.8. The minimum Gasteiger partial charge on any atom is -0.462 e. The van der Waals surface area contributed by atoms with Crippen LogP contribution in [-0.4, -0.2) is 24.6 Å².